The van der Waals surface area contributed by atoms with E-state index in [2.05, 4.69) is 9.97 Å². The Labute approximate surface area is 432 Å². The molecule has 2 aromatic heterocycles. The van der Waals surface area contributed by atoms with Gasteiger partial charge < -0.3 is 20.6 Å². The minimum Gasteiger partial charge on any atom is -0.477 e. The first kappa shape index (κ1) is 55.7. The molecule has 2 aliphatic heterocycles. The molecule has 4 aromatic carbocycles. The average Bonchev–Trinajstić information content (AvgIpc) is 4.02. The summed E-state index contributed by atoms with van der Waals surface area (Å²) in [5.74, 6) is -1.94. The van der Waals surface area contributed by atoms with Crippen LogP contribution in [0.4, 0.5) is 49.1 Å². The first-order valence-electron chi connectivity index (χ1n) is 21.8. The van der Waals surface area contributed by atoms with Crippen molar-refractivity contribution in [3.63, 3.8) is 0 Å². The lowest BCUT2D eigenvalue weighted by Crippen LogP contribution is -2.44. The Morgan fingerprint density at radius 2 is 1.04 bits per heavy atom. The summed E-state index contributed by atoms with van der Waals surface area (Å²) in [5, 5.41) is 32.3. The largest absolute Gasteiger partial charge is 0.477 e. The van der Waals surface area contributed by atoms with E-state index in [-0.39, 0.29) is 80.5 Å². The van der Waals surface area contributed by atoms with Crippen LogP contribution in [0.2, 0.25) is 20.1 Å². The van der Waals surface area contributed by atoms with Crippen molar-refractivity contribution in [3.8, 4) is 0 Å². The lowest BCUT2D eigenvalue weighted by molar-refractivity contribution is -0.385. The predicted molar refractivity (Wildman–Crippen MR) is 264 cm³/mol. The topological polar surface area (TPSA) is 199 Å². The number of carbonyl (C=O) groups is 2. The minimum absolute atomic E-state index is 0.00618. The van der Waals surface area contributed by atoms with Crippen LogP contribution in [-0.4, -0.2) is 75.2 Å². The summed E-state index contributed by atoms with van der Waals surface area (Å²) in [6.07, 6.45) is -6.22. The van der Waals surface area contributed by atoms with Gasteiger partial charge in [-0.05, 0) is 115 Å². The molecule has 4 heterocycles. The number of pyridine rings is 2. The lowest BCUT2D eigenvalue weighted by atomic mass is 9.79. The number of halogens is 10. The Bertz CT molecular complexity index is 2960. The second-order valence-electron chi connectivity index (χ2n) is 16.8. The highest BCUT2D eigenvalue weighted by Gasteiger charge is 2.60. The monoisotopic (exact) mass is 1090 g/mol. The molecule has 3 N–H and O–H groups in total. The van der Waals surface area contributed by atoms with E-state index in [0.717, 1.165) is 23.9 Å². The van der Waals surface area contributed by atoms with E-state index in [1.165, 1.54) is 64.4 Å². The van der Waals surface area contributed by atoms with Gasteiger partial charge in [-0.3, -0.25) is 35.0 Å². The van der Waals surface area contributed by atoms with Gasteiger partial charge in [-0.1, -0.05) is 58.5 Å². The molecule has 384 valence electrons. The summed E-state index contributed by atoms with van der Waals surface area (Å²) in [6.45, 7) is -0.518. The van der Waals surface area contributed by atoms with Crippen molar-refractivity contribution in [1.82, 2.24) is 9.97 Å². The molecule has 0 aliphatic carbocycles. The maximum absolute atomic E-state index is 14.4. The Morgan fingerprint density at radius 3 is 1.40 bits per heavy atom. The molecule has 0 radical (unpaired) electrons. The second-order valence-corrected chi connectivity index (χ2v) is 18.6. The van der Waals surface area contributed by atoms with Crippen LogP contribution in [0.5, 0.6) is 0 Å². The SMILES string of the molecule is NCc1ccccn1.O=C(CCc1ccccn1)c1ccc(N2CCC(c3cc(Cl)cc(Cl)c3)(C(F)(F)F)C2)cc1[N+](=O)[O-].O=C(O)c1ccc(N2CCC(c3cc(Cl)cc(Cl)c3)(C(F)(F)F)C2)cc1[N+](=O)[O-]. The number of benzene rings is 4. The van der Waals surface area contributed by atoms with Crippen molar-refractivity contribution < 1.29 is 50.9 Å². The average molecular weight is 1100 g/mol. The summed E-state index contributed by atoms with van der Waals surface area (Å²) in [4.78, 5) is 56.1. The van der Waals surface area contributed by atoms with Crippen LogP contribution in [0, 0.1) is 20.2 Å². The molecule has 14 nitrogen and oxygen atoms in total. The molecule has 0 bridgehead atoms. The molecule has 2 fully saturated rings. The van der Waals surface area contributed by atoms with E-state index in [1.807, 2.05) is 18.2 Å². The summed E-state index contributed by atoms with van der Waals surface area (Å²) >= 11 is 23.8. The number of Topliss-reactive ketones (excluding diaryl/α,β-unsaturated/α-hetero) is 1. The minimum atomic E-state index is -4.64. The van der Waals surface area contributed by atoms with Crippen LogP contribution in [0.25, 0.3) is 0 Å². The number of nitrogens with zero attached hydrogens (tertiary/aromatic N) is 6. The third-order valence-electron chi connectivity index (χ3n) is 12.3. The Balaban J connectivity index is 0.000000210. The highest BCUT2D eigenvalue weighted by molar-refractivity contribution is 6.35. The van der Waals surface area contributed by atoms with Crippen molar-refractivity contribution in [3.05, 3.63) is 196 Å². The molecule has 8 rings (SSSR count). The van der Waals surface area contributed by atoms with Crippen LogP contribution in [-0.2, 0) is 23.8 Å². The van der Waals surface area contributed by atoms with Crippen LogP contribution in [0.1, 0.15) is 62.5 Å². The fourth-order valence-electron chi connectivity index (χ4n) is 8.58. The van der Waals surface area contributed by atoms with E-state index < -0.39 is 74.8 Å². The first-order valence-corrected chi connectivity index (χ1v) is 23.3. The van der Waals surface area contributed by atoms with Gasteiger partial charge in [0.2, 0.25) is 0 Å². The summed E-state index contributed by atoms with van der Waals surface area (Å²) in [7, 11) is 0. The number of aromatic nitrogens is 2. The number of carboxylic acids is 1. The zero-order valence-electron chi connectivity index (χ0n) is 37.8. The maximum atomic E-state index is 14.4. The summed E-state index contributed by atoms with van der Waals surface area (Å²) in [6, 6.07) is 25.7. The van der Waals surface area contributed by atoms with Crippen LogP contribution < -0.4 is 15.5 Å². The van der Waals surface area contributed by atoms with E-state index >= 15 is 0 Å². The van der Waals surface area contributed by atoms with Gasteiger partial charge in [0.25, 0.3) is 11.4 Å². The zero-order chi connectivity index (χ0) is 53.5. The number of hydrogen-bond donors (Lipinski definition) is 2. The van der Waals surface area contributed by atoms with Crippen LogP contribution in [0.15, 0.2) is 122 Å². The Hall–Kier alpha value is -6.58. The van der Waals surface area contributed by atoms with Crippen LogP contribution >= 0.6 is 46.4 Å². The van der Waals surface area contributed by atoms with Gasteiger partial charge in [-0.25, -0.2) is 4.79 Å². The smallest absolute Gasteiger partial charge is 0.400 e. The molecule has 2 aliphatic rings. The number of nitrogens with two attached hydrogens (primary N) is 1. The van der Waals surface area contributed by atoms with Gasteiger partial charge in [0, 0.05) is 101 Å². The fourth-order valence-corrected chi connectivity index (χ4v) is 9.63. The molecule has 2 atom stereocenters. The number of alkyl halides is 6. The summed E-state index contributed by atoms with van der Waals surface area (Å²) in [5.41, 5.74) is 0.781. The summed E-state index contributed by atoms with van der Waals surface area (Å²) < 4.78 is 85.6. The van der Waals surface area contributed by atoms with E-state index in [1.54, 1.807) is 30.6 Å². The Kier molecular flexibility index (Phi) is 17.6. The normalized spacial score (nSPS) is 17.5. The molecule has 2 unspecified atom stereocenters. The molecular formula is C49H41Cl4F6N7O7. The van der Waals surface area contributed by atoms with Gasteiger partial charge in [0.15, 0.2) is 5.78 Å². The van der Waals surface area contributed by atoms with E-state index in [9.17, 15) is 56.2 Å². The van der Waals surface area contributed by atoms with Gasteiger partial charge in [-0.15, -0.1) is 0 Å². The number of anilines is 2. The second kappa shape index (κ2) is 23.1. The number of rotatable bonds is 12. The van der Waals surface area contributed by atoms with Crippen molar-refractivity contribution in [2.45, 2.75) is 55.4 Å². The highest BCUT2D eigenvalue weighted by Crippen LogP contribution is 2.51. The number of carboxylic acid groups (broad SMARTS) is 1. The van der Waals surface area contributed by atoms with Crippen molar-refractivity contribution in [2.75, 3.05) is 36.0 Å². The molecule has 24 heteroatoms. The number of hydrogen-bond acceptors (Lipinski definition) is 11. The Morgan fingerprint density at radius 1 is 0.630 bits per heavy atom. The van der Waals surface area contributed by atoms with Gasteiger partial charge in [0.05, 0.1) is 21.1 Å². The number of nitro benzene ring substituents is 2. The first-order chi connectivity index (χ1) is 34.4. The molecule has 6 aromatic rings. The molecule has 0 amide bonds. The highest BCUT2D eigenvalue weighted by atomic mass is 35.5. The lowest BCUT2D eigenvalue weighted by Gasteiger charge is -2.33. The third-order valence-corrected chi connectivity index (χ3v) is 13.2. The van der Waals surface area contributed by atoms with Crippen molar-refractivity contribution in [2.24, 2.45) is 5.73 Å². The quantitative estimate of drug-likeness (QED) is 0.0509. The maximum Gasteiger partial charge on any atom is 0.400 e. The van der Waals surface area contributed by atoms with Gasteiger partial charge in [-0.2, -0.15) is 26.3 Å². The number of aromatic carboxylic acids is 1. The number of carbonyl (C=O) groups excluding carboxylic acids is 1. The number of nitro groups is 2. The van der Waals surface area contributed by atoms with Gasteiger partial charge in [0.1, 0.15) is 16.4 Å². The van der Waals surface area contributed by atoms with Crippen LogP contribution in [0.3, 0.4) is 0 Å². The predicted octanol–water partition coefficient (Wildman–Crippen LogP) is 12.7. The van der Waals surface area contributed by atoms with E-state index in [0.29, 0.717) is 18.7 Å². The van der Waals surface area contributed by atoms with E-state index in [4.69, 9.17) is 57.2 Å². The molecule has 2 saturated heterocycles. The molecule has 0 spiro atoms. The zero-order valence-corrected chi connectivity index (χ0v) is 40.9. The molecular weight excluding hydrogens is 1050 g/mol. The third kappa shape index (κ3) is 13.0. The fraction of sp³-hybridized carbons (Fsp3) is 0.265. The molecule has 73 heavy (non-hydrogen) atoms. The molecule has 0 saturated carbocycles. The van der Waals surface area contributed by atoms with Crippen molar-refractivity contribution in [1.29, 1.82) is 0 Å². The number of ketones is 1. The van der Waals surface area contributed by atoms with Gasteiger partial charge >= 0.3 is 18.3 Å². The van der Waals surface area contributed by atoms with Crippen molar-refractivity contribution >= 4 is 80.9 Å². The number of aryl methyl sites for hydroxylation is 1. The standard InChI is InChI=1S/C25H20Cl2F3N3O3.C18H13Cl2F3N2O4.C6H8N2/c26-17-11-16(12-18(27)13-17)24(25(28,29)30)8-10-32(15-24)20-5-6-21(22(14-20)33(35)36)23(34)7-4-19-3-1-2-9-31-19;19-11-5-10(6-12(20)7-11)17(18(21,22)23)3-4-24(9-17)13-1-2-14(16(26)27)15(8-13)25(28)29;7-5-6-3-1-2-4-8-6/h1-3,5-6,9,11-14H,4,7-8,10,15H2;1-2,5-8H,3-4,9H2,(H,26,27);1-4H,5,7H2.